The molecule has 0 saturated carbocycles. The number of nitrogens with one attached hydrogen (secondary N) is 2. The highest BCUT2D eigenvalue weighted by Crippen LogP contribution is 2.26. The Morgan fingerprint density at radius 3 is 2.68 bits per heavy atom. The Balaban J connectivity index is 1.60. The minimum Gasteiger partial charge on any atom is -0.344 e. The zero-order valence-electron chi connectivity index (χ0n) is 18.2. The van der Waals surface area contributed by atoms with Gasteiger partial charge in [0.15, 0.2) is 0 Å². The van der Waals surface area contributed by atoms with Gasteiger partial charge in [-0.1, -0.05) is 41.9 Å². The second-order valence-electron chi connectivity index (χ2n) is 7.83. The number of carbonyl (C=O) groups is 1. The Morgan fingerprint density at radius 2 is 1.91 bits per heavy atom. The second-order valence-corrected chi connectivity index (χ2v) is 8.24. The minimum absolute atomic E-state index is 0.245. The van der Waals surface area contributed by atoms with E-state index in [1.54, 1.807) is 47.4 Å². The maximum Gasteiger partial charge on any atom is 0.264 e. The molecule has 0 aliphatic heterocycles. The third-order valence-electron chi connectivity index (χ3n) is 5.65. The molecule has 7 nitrogen and oxygen atoms in total. The molecular formula is C26H20ClN5O2. The van der Waals surface area contributed by atoms with E-state index in [1.165, 1.54) is 0 Å². The number of nitrogens with zero attached hydrogens (tertiary/aromatic N) is 3. The fraction of sp³-hybridized carbons (Fsp3) is 0.0769. The van der Waals surface area contributed by atoms with Crippen molar-refractivity contribution in [2.75, 3.05) is 0 Å². The van der Waals surface area contributed by atoms with Crippen LogP contribution < -0.4 is 10.9 Å². The molecular weight excluding hydrogens is 450 g/mol. The SMILES string of the molecule is C[C@H](NC(=O)c1cccnc1-c1cn[nH]c1)c1cc2cccc(Cl)c2c(=O)n1-c1ccccc1. The topological polar surface area (TPSA) is 92.7 Å². The number of para-hydroxylation sites is 1. The van der Waals surface area contributed by atoms with Crippen LogP contribution in [0, 0.1) is 0 Å². The molecule has 1 atom stereocenters. The minimum atomic E-state index is -0.499. The van der Waals surface area contributed by atoms with E-state index in [2.05, 4.69) is 20.5 Å². The smallest absolute Gasteiger partial charge is 0.264 e. The van der Waals surface area contributed by atoms with E-state index in [1.807, 2.05) is 49.4 Å². The van der Waals surface area contributed by atoms with Crippen LogP contribution in [0.15, 0.2) is 90.1 Å². The summed E-state index contributed by atoms with van der Waals surface area (Å²) in [6, 6.07) is 19.5. The lowest BCUT2D eigenvalue weighted by Gasteiger charge is -2.21. The van der Waals surface area contributed by atoms with Crippen LogP contribution in [0.3, 0.4) is 0 Å². The lowest BCUT2D eigenvalue weighted by Crippen LogP contribution is -2.32. The van der Waals surface area contributed by atoms with Crippen LogP contribution in [-0.2, 0) is 0 Å². The lowest BCUT2D eigenvalue weighted by molar-refractivity contribution is 0.0939. The van der Waals surface area contributed by atoms with Gasteiger partial charge in [0.1, 0.15) is 0 Å². The summed E-state index contributed by atoms with van der Waals surface area (Å²) >= 11 is 6.39. The zero-order valence-corrected chi connectivity index (χ0v) is 19.0. The van der Waals surface area contributed by atoms with E-state index in [-0.39, 0.29) is 11.5 Å². The zero-order chi connectivity index (χ0) is 23.7. The standard InChI is InChI=1S/C26H20ClN5O2/c1-16(31-25(33)20-10-6-12-28-24(20)18-14-29-30-15-18)22-13-17-7-5-11-21(27)23(17)26(34)32(22)19-8-3-2-4-9-19/h2-16H,1H3,(H,29,30)(H,31,33)/t16-/m0/s1. The van der Waals surface area contributed by atoms with Crippen molar-refractivity contribution in [1.82, 2.24) is 25.1 Å². The highest BCUT2D eigenvalue weighted by atomic mass is 35.5. The Bertz CT molecular complexity index is 1550. The monoisotopic (exact) mass is 469 g/mol. The fourth-order valence-corrected chi connectivity index (χ4v) is 4.31. The van der Waals surface area contributed by atoms with Crippen LogP contribution in [0.25, 0.3) is 27.7 Å². The van der Waals surface area contributed by atoms with Crippen molar-refractivity contribution in [3.63, 3.8) is 0 Å². The summed E-state index contributed by atoms with van der Waals surface area (Å²) in [4.78, 5) is 31.3. The van der Waals surface area contributed by atoms with Crippen LogP contribution >= 0.6 is 11.6 Å². The van der Waals surface area contributed by atoms with Gasteiger partial charge < -0.3 is 5.32 Å². The molecule has 3 heterocycles. The normalized spacial score (nSPS) is 11.9. The number of benzene rings is 2. The fourth-order valence-electron chi connectivity index (χ4n) is 4.05. The van der Waals surface area contributed by atoms with Crippen molar-refractivity contribution in [1.29, 1.82) is 0 Å². The van der Waals surface area contributed by atoms with Gasteiger partial charge in [-0.15, -0.1) is 0 Å². The number of aromatic amines is 1. The van der Waals surface area contributed by atoms with E-state index in [9.17, 15) is 9.59 Å². The van der Waals surface area contributed by atoms with Gasteiger partial charge in [0, 0.05) is 29.3 Å². The first-order valence-electron chi connectivity index (χ1n) is 10.7. The molecule has 2 aromatic carbocycles. The van der Waals surface area contributed by atoms with E-state index in [0.717, 1.165) is 0 Å². The lowest BCUT2D eigenvalue weighted by atomic mass is 10.1. The summed E-state index contributed by atoms with van der Waals surface area (Å²) < 4.78 is 1.60. The molecule has 1 amide bonds. The number of rotatable bonds is 5. The van der Waals surface area contributed by atoms with Crippen LogP contribution in [0.1, 0.15) is 29.0 Å². The molecule has 34 heavy (non-hydrogen) atoms. The van der Waals surface area contributed by atoms with Gasteiger partial charge in [0.2, 0.25) is 0 Å². The number of hydrogen-bond donors (Lipinski definition) is 2. The molecule has 2 N–H and O–H groups in total. The first-order valence-corrected chi connectivity index (χ1v) is 11.1. The largest absolute Gasteiger partial charge is 0.344 e. The summed E-state index contributed by atoms with van der Waals surface area (Å²) in [5, 5.41) is 11.3. The third-order valence-corrected chi connectivity index (χ3v) is 5.97. The molecule has 0 spiro atoms. The van der Waals surface area contributed by atoms with Crippen molar-refractivity contribution in [3.05, 3.63) is 112 Å². The molecule has 0 bridgehead atoms. The van der Waals surface area contributed by atoms with E-state index in [0.29, 0.717) is 44.0 Å². The van der Waals surface area contributed by atoms with Crippen LogP contribution in [0.5, 0.6) is 0 Å². The van der Waals surface area contributed by atoms with E-state index < -0.39 is 6.04 Å². The molecule has 0 unspecified atom stereocenters. The molecule has 0 fully saturated rings. The number of fused-ring (bicyclic) bond motifs is 1. The number of H-pyrrole nitrogens is 1. The van der Waals surface area contributed by atoms with Gasteiger partial charge in [0.25, 0.3) is 11.5 Å². The van der Waals surface area contributed by atoms with Gasteiger partial charge in [-0.05, 0) is 48.7 Å². The Hall–Kier alpha value is -4.23. The summed E-state index contributed by atoms with van der Waals surface area (Å²) in [7, 11) is 0. The number of carbonyl (C=O) groups excluding carboxylic acids is 1. The van der Waals surface area contributed by atoms with Crippen molar-refractivity contribution >= 4 is 28.3 Å². The first kappa shape index (κ1) is 21.6. The number of hydrogen-bond acceptors (Lipinski definition) is 4. The predicted molar refractivity (Wildman–Crippen MR) is 132 cm³/mol. The van der Waals surface area contributed by atoms with Crippen molar-refractivity contribution in [2.24, 2.45) is 0 Å². The van der Waals surface area contributed by atoms with Crippen LogP contribution in [0.2, 0.25) is 5.02 Å². The Morgan fingerprint density at radius 1 is 1.09 bits per heavy atom. The van der Waals surface area contributed by atoms with E-state index in [4.69, 9.17) is 11.6 Å². The third kappa shape index (κ3) is 3.86. The number of amides is 1. The second kappa shape index (κ2) is 8.96. The van der Waals surface area contributed by atoms with Crippen molar-refractivity contribution < 1.29 is 4.79 Å². The average Bonchev–Trinajstić information content (AvgIpc) is 3.39. The molecule has 0 radical (unpaired) electrons. The Kier molecular flexibility index (Phi) is 5.69. The summed E-state index contributed by atoms with van der Waals surface area (Å²) in [5.74, 6) is -0.310. The van der Waals surface area contributed by atoms with Gasteiger partial charge >= 0.3 is 0 Å². The van der Waals surface area contributed by atoms with Gasteiger partial charge in [0.05, 0.1) is 33.9 Å². The molecule has 5 rings (SSSR count). The average molecular weight is 470 g/mol. The molecule has 3 aromatic heterocycles. The van der Waals surface area contributed by atoms with E-state index >= 15 is 0 Å². The molecule has 0 aliphatic rings. The molecule has 168 valence electrons. The van der Waals surface area contributed by atoms with Gasteiger partial charge in [-0.3, -0.25) is 24.2 Å². The Labute approximate surface area is 200 Å². The van der Waals surface area contributed by atoms with Gasteiger partial charge in [-0.2, -0.15) is 5.10 Å². The molecule has 0 saturated heterocycles. The first-order chi connectivity index (χ1) is 16.5. The molecule has 0 aliphatic carbocycles. The highest BCUT2D eigenvalue weighted by molar-refractivity contribution is 6.35. The van der Waals surface area contributed by atoms with Crippen LogP contribution in [0.4, 0.5) is 0 Å². The van der Waals surface area contributed by atoms with Crippen molar-refractivity contribution in [2.45, 2.75) is 13.0 Å². The quantitative estimate of drug-likeness (QED) is 0.382. The maximum absolute atomic E-state index is 13.6. The highest BCUT2D eigenvalue weighted by Gasteiger charge is 2.21. The predicted octanol–water partition coefficient (Wildman–Crippen LogP) is 4.92. The summed E-state index contributed by atoms with van der Waals surface area (Å²) in [6.45, 7) is 1.84. The summed E-state index contributed by atoms with van der Waals surface area (Å²) in [5.41, 5.74) is 2.71. The maximum atomic E-state index is 13.6. The van der Waals surface area contributed by atoms with Crippen LogP contribution in [-0.4, -0.2) is 25.7 Å². The summed E-state index contributed by atoms with van der Waals surface area (Å²) in [6.07, 6.45) is 4.92. The molecule has 8 heteroatoms. The van der Waals surface area contributed by atoms with Crippen molar-refractivity contribution in [3.8, 4) is 16.9 Å². The number of aromatic nitrogens is 4. The molecule has 5 aromatic rings. The number of halogens is 1. The number of pyridine rings is 2. The van der Waals surface area contributed by atoms with Gasteiger partial charge in [-0.25, -0.2) is 0 Å².